The molecular weight excluding hydrogens is 250 g/mol. The molecule has 0 unspecified atom stereocenters. The maximum Gasteiger partial charge on any atom is 0.131 e. The van der Waals surface area contributed by atoms with Crippen LogP contribution in [-0.4, -0.2) is 38.3 Å². The van der Waals surface area contributed by atoms with Crippen molar-refractivity contribution in [3.8, 4) is 0 Å². The molecule has 1 aliphatic heterocycles. The second kappa shape index (κ2) is 7.60. The Morgan fingerprint density at radius 1 is 1.40 bits per heavy atom. The van der Waals surface area contributed by atoms with Gasteiger partial charge in [-0.05, 0) is 42.9 Å². The van der Waals surface area contributed by atoms with E-state index in [9.17, 15) is 0 Å². The van der Waals surface area contributed by atoms with Crippen LogP contribution in [0.4, 0.5) is 5.82 Å². The number of ether oxygens (including phenoxy) is 1. The fourth-order valence-electron chi connectivity index (χ4n) is 2.68. The van der Waals surface area contributed by atoms with Crippen LogP contribution in [0.3, 0.4) is 0 Å². The van der Waals surface area contributed by atoms with Gasteiger partial charge < -0.3 is 15.0 Å². The zero-order chi connectivity index (χ0) is 14.4. The molecule has 0 saturated carbocycles. The molecule has 20 heavy (non-hydrogen) atoms. The summed E-state index contributed by atoms with van der Waals surface area (Å²) in [5.41, 5.74) is 2.53. The fourth-order valence-corrected chi connectivity index (χ4v) is 2.68. The number of nitrogens with one attached hydrogen (secondary N) is 1. The van der Waals surface area contributed by atoms with Gasteiger partial charge in [0.25, 0.3) is 0 Å². The van der Waals surface area contributed by atoms with Crippen LogP contribution < -0.4 is 10.2 Å². The summed E-state index contributed by atoms with van der Waals surface area (Å²) < 4.78 is 5.03. The number of pyridine rings is 1. The first-order valence-electron chi connectivity index (χ1n) is 7.61. The van der Waals surface area contributed by atoms with Gasteiger partial charge in [-0.2, -0.15) is 0 Å². The molecule has 0 aromatic carbocycles. The highest BCUT2D eigenvalue weighted by molar-refractivity contribution is 5.47. The normalized spacial score (nSPS) is 16.6. The van der Waals surface area contributed by atoms with Crippen LogP contribution in [-0.2, 0) is 11.3 Å². The zero-order valence-corrected chi connectivity index (χ0v) is 13.0. The number of piperidine rings is 1. The number of nitrogens with zero attached hydrogens (tertiary/aromatic N) is 2. The molecule has 1 aromatic heterocycles. The van der Waals surface area contributed by atoms with E-state index in [0.717, 1.165) is 44.5 Å². The van der Waals surface area contributed by atoms with Crippen molar-refractivity contribution in [1.29, 1.82) is 0 Å². The molecule has 1 saturated heterocycles. The third-order valence-electron chi connectivity index (χ3n) is 4.00. The molecule has 0 atom stereocenters. The third kappa shape index (κ3) is 4.18. The Morgan fingerprint density at radius 3 is 2.80 bits per heavy atom. The van der Waals surface area contributed by atoms with Gasteiger partial charge >= 0.3 is 0 Å². The van der Waals surface area contributed by atoms with E-state index in [1.165, 1.54) is 24.0 Å². The van der Waals surface area contributed by atoms with Gasteiger partial charge in [0, 0.05) is 39.5 Å². The van der Waals surface area contributed by atoms with E-state index in [1.807, 2.05) is 6.20 Å². The molecule has 0 spiro atoms. The summed E-state index contributed by atoms with van der Waals surface area (Å²) in [7, 11) is 1.72. The van der Waals surface area contributed by atoms with Gasteiger partial charge in [0.05, 0.1) is 6.61 Å². The molecule has 1 N–H and O–H groups in total. The van der Waals surface area contributed by atoms with Crippen molar-refractivity contribution in [1.82, 2.24) is 10.3 Å². The average molecular weight is 277 g/mol. The molecule has 1 aromatic rings. The topological polar surface area (TPSA) is 37.4 Å². The monoisotopic (exact) mass is 277 g/mol. The second-order valence-corrected chi connectivity index (χ2v) is 5.82. The van der Waals surface area contributed by atoms with E-state index in [0.29, 0.717) is 0 Å². The van der Waals surface area contributed by atoms with Gasteiger partial charge in [-0.15, -0.1) is 0 Å². The Bertz CT molecular complexity index is 414. The van der Waals surface area contributed by atoms with Crippen LogP contribution in [0.25, 0.3) is 0 Å². The molecule has 0 amide bonds. The van der Waals surface area contributed by atoms with Gasteiger partial charge in [-0.25, -0.2) is 4.98 Å². The maximum atomic E-state index is 5.03. The van der Waals surface area contributed by atoms with Crippen LogP contribution in [0, 0.1) is 12.8 Å². The highest BCUT2D eigenvalue weighted by Gasteiger charge is 2.18. The van der Waals surface area contributed by atoms with Gasteiger partial charge in [-0.3, -0.25) is 0 Å². The molecule has 0 bridgehead atoms. The Kier molecular flexibility index (Phi) is 5.80. The van der Waals surface area contributed by atoms with Crippen LogP contribution in [0.15, 0.2) is 12.3 Å². The average Bonchev–Trinajstić information content (AvgIpc) is 2.45. The molecule has 0 aliphatic carbocycles. The Hall–Kier alpha value is -1.13. The standard InChI is InChI=1S/C16H27N3O/c1-13-4-7-19(8-5-13)16-14(2)10-15(12-18-16)11-17-6-9-20-3/h10,12-13,17H,4-9,11H2,1-3H3. The summed E-state index contributed by atoms with van der Waals surface area (Å²) in [6.07, 6.45) is 4.56. The highest BCUT2D eigenvalue weighted by Crippen LogP contribution is 2.24. The third-order valence-corrected chi connectivity index (χ3v) is 4.00. The first-order chi connectivity index (χ1) is 9.70. The van der Waals surface area contributed by atoms with Crippen molar-refractivity contribution in [3.05, 3.63) is 23.4 Å². The molecule has 2 rings (SSSR count). The van der Waals surface area contributed by atoms with Crippen LogP contribution in [0.2, 0.25) is 0 Å². The van der Waals surface area contributed by atoms with Crippen LogP contribution >= 0.6 is 0 Å². The molecule has 1 aliphatic rings. The van der Waals surface area contributed by atoms with E-state index in [4.69, 9.17) is 4.74 Å². The van der Waals surface area contributed by atoms with Gasteiger partial charge in [-0.1, -0.05) is 6.92 Å². The molecule has 4 heteroatoms. The number of aryl methyl sites for hydroxylation is 1. The lowest BCUT2D eigenvalue weighted by molar-refractivity contribution is 0.199. The molecular formula is C16H27N3O. The zero-order valence-electron chi connectivity index (χ0n) is 13.0. The molecule has 4 nitrogen and oxygen atoms in total. The van der Waals surface area contributed by atoms with Crippen molar-refractivity contribution in [2.75, 3.05) is 38.3 Å². The van der Waals surface area contributed by atoms with Crippen molar-refractivity contribution >= 4 is 5.82 Å². The van der Waals surface area contributed by atoms with Crippen molar-refractivity contribution < 1.29 is 4.74 Å². The minimum absolute atomic E-state index is 0.746. The smallest absolute Gasteiger partial charge is 0.131 e. The Morgan fingerprint density at radius 2 is 2.15 bits per heavy atom. The Labute approximate surface area is 122 Å². The number of anilines is 1. The lowest BCUT2D eigenvalue weighted by atomic mass is 9.99. The lowest BCUT2D eigenvalue weighted by Gasteiger charge is -2.32. The van der Waals surface area contributed by atoms with Gasteiger partial charge in [0.15, 0.2) is 0 Å². The number of methoxy groups -OCH3 is 1. The predicted octanol–water partition coefficient (Wildman–Crippen LogP) is 2.36. The number of hydrogen-bond acceptors (Lipinski definition) is 4. The summed E-state index contributed by atoms with van der Waals surface area (Å²) in [4.78, 5) is 7.11. The van der Waals surface area contributed by atoms with Crippen molar-refractivity contribution in [2.45, 2.75) is 33.2 Å². The molecule has 2 heterocycles. The summed E-state index contributed by atoms with van der Waals surface area (Å²) in [6, 6.07) is 2.25. The number of aromatic nitrogens is 1. The largest absolute Gasteiger partial charge is 0.383 e. The fraction of sp³-hybridized carbons (Fsp3) is 0.688. The minimum Gasteiger partial charge on any atom is -0.383 e. The van der Waals surface area contributed by atoms with Crippen LogP contribution in [0.5, 0.6) is 0 Å². The first kappa shape index (κ1) is 15.3. The van der Waals surface area contributed by atoms with E-state index >= 15 is 0 Å². The van der Waals surface area contributed by atoms with E-state index in [2.05, 4.69) is 35.1 Å². The maximum absolute atomic E-state index is 5.03. The number of rotatable bonds is 6. The quantitative estimate of drug-likeness (QED) is 0.810. The van der Waals surface area contributed by atoms with E-state index in [1.54, 1.807) is 7.11 Å². The first-order valence-corrected chi connectivity index (χ1v) is 7.61. The summed E-state index contributed by atoms with van der Waals surface area (Å²) in [5, 5.41) is 3.36. The summed E-state index contributed by atoms with van der Waals surface area (Å²) in [6.45, 7) is 9.26. The van der Waals surface area contributed by atoms with Crippen molar-refractivity contribution in [2.24, 2.45) is 5.92 Å². The SMILES string of the molecule is COCCNCc1cnc(N2CCC(C)CC2)c(C)c1. The minimum atomic E-state index is 0.746. The van der Waals surface area contributed by atoms with Gasteiger partial charge in [0.1, 0.15) is 5.82 Å². The van der Waals surface area contributed by atoms with E-state index in [-0.39, 0.29) is 0 Å². The molecule has 1 fully saturated rings. The highest BCUT2D eigenvalue weighted by atomic mass is 16.5. The van der Waals surface area contributed by atoms with Crippen molar-refractivity contribution in [3.63, 3.8) is 0 Å². The van der Waals surface area contributed by atoms with Crippen LogP contribution in [0.1, 0.15) is 30.9 Å². The summed E-state index contributed by atoms with van der Waals surface area (Å²) in [5.74, 6) is 2.02. The Balaban J connectivity index is 1.92. The summed E-state index contributed by atoms with van der Waals surface area (Å²) >= 11 is 0. The van der Waals surface area contributed by atoms with Gasteiger partial charge in [0.2, 0.25) is 0 Å². The number of hydrogen-bond donors (Lipinski definition) is 1. The lowest BCUT2D eigenvalue weighted by Crippen LogP contribution is -2.34. The predicted molar refractivity (Wildman–Crippen MR) is 83.2 cm³/mol. The van der Waals surface area contributed by atoms with E-state index < -0.39 is 0 Å². The molecule has 0 radical (unpaired) electrons. The second-order valence-electron chi connectivity index (χ2n) is 5.82. The molecule has 112 valence electrons.